The van der Waals surface area contributed by atoms with Gasteiger partial charge in [-0.15, -0.1) is 0 Å². The highest BCUT2D eigenvalue weighted by Gasteiger charge is 2.44. The Labute approximate surface area is 366 Å². The standard InChI is InChI=1S/C58H47BN4/c1-57(2,3)32-42-40-24-14-16-26-46(40)60-51-38-22-12-10-20-35(38)28-44-53(51)62(55(42)60)48-30-37(34-18-8-7-9-19-34)31-49-50(48)59(44)45-29-36-21-11-13-23-39(36)52-54(45)63(49)56-43(33-58(4,5)6)41-25-15-17-27-47(41)61(52)56/h7-31H,32-33H2,1-6H3. The number of nitrogens with zero attached hydrogens (tertiary/aromatic N) is 4. The van der Waals surface area contributed by atoms with E-state index in [1.165, 1.54) is 127 Å². The van der Waals surface area contributed by atoms with E-state index in [9.17, 15) is 0 Å². The predicted molar refractivity (Wildman–Crippen MR) is 268 cm³/mol. The Bertz CT molecular complexity index is 3750. The first-order valence-corrected chi connectivity index (χ1v) is 22.7. The van der Waals surface area contributed by atoms with Crippen LogP contribution < -0.4 is 16.4 Å². The van der Waals surface area contributed by atoms with E-state index in [2.05, 4.69) is 211 Å². The summed E-state index contributed by atoms with van der Waals surface area (Å²) in [6.07, 6.45) is 1.91. The predicted octanol–water partition coefficient (Wildman–Crippen LogP) is 12.7. The van der Waals surface area contributed by atoms with E-state index in [0.717, 1.165) is 12.8 Å². The van der Waals surface area contributed by atoms with Gasteiger partial charge in [-0.3, -0.25) is 17.9 Å². The molecule has 302 valence electrons. The number of rotatable bonds is 3. The van der Waals surface area contributed by atoms with Crippen LogP contribution >= 0.6 is 0 Å². The van der Waals surface area contributed by atoms with Crippen molar-refractivity contribution in [1.29, 1.82) is 0 Å². The Balaban J connectivity index is 1.28. The van der Waals surface area contributed by atoms with E-state index < -0.39 is 0 Å². The summed E-state index contributed by atoms with van der Waals surface area (Å²) < 4.78 is 10.7. The molecule has 4 aromatic heterocycles. The summed E-state index contributed by atoms with van der Waals surface area (Å²) in [5.74, 6) is 0. The van der Waals surface area contributed by atoms with Gasteiger partial charge in [-0.25, -0.2) is 0 Å². The number of aromatic nitrogens is 4. The van der Waals surface area contributed by atoms with Gasteiger partial charge >= 0.3 is 0 Å². The molecule has 8 aromatic carbocycles. The summed E-state index contributed by atoms with van der Waals surface area (Å²) in [6, 6.07) is 57.8. The molecule has 14 rings (SSSR count). The van der Waals surface area contributed by atoms with Crippen LogP contribution in [0, 0.1) is 10.8 Å². The molecule has 0 atom stereocenters. The lowest BCUT2D eigenvalue weighted by Gasteiger charge is -2.34. The van der Waals surface area contributed by atoms with Crippen LogP contribution in [0.2, 0.25) is 0 Å². The van der Waals surface area contributed by atoms with Gasteiger partial charge in [-0.2, -0.15) is 0 Å². The molecule has 0 radical (unpaired) electrons. The second-order valence-electron chi connectivity index (χ2n) is 21.0. The number of para-hydroxylation sites is 2. The zero-order valence-corrected chi connectivity index (χ0v) is 36.7. The largest absolute Gasteiger partial charge is 0.295 e. The Kier molecular flexibility index (Phi) is 6.74. The second-order valence-corrected chi connectivity index (χ2v) is 21.0. The van der Waals surface area contributed by atoms with Gasteiger partial charge in [-0.1, -0.05) is 169 Å². The van der Waals surface area contributed by atoms with E-state index >= 15 is 0 Å². The minimum atomic E-state index is 0.00732. The molecule has 12 aromatic rings. The lowest BCUT2D eigenvalue weighted by atomic mass is 9.34. The molecule has 4 nitrogen and oxygen atoms in total. The molecule has 0 saturated carbocycles. The quantitative estimate of drug-likeness (QED) is 0.158. The van der Waals surface area contributed by atoms with Crippen molar-refractivity contribution in [3.63, 3.8) is 0 Å². The molecule has 0 unspecified atom stereocenters. The van der Waals surface area contributed by atoms with Gasteiger partial charge in [0.2, 0.25) is 0 Å². The molecule has 63 heavy (non-hydrogen) atoms. The molecule has 6 heterocycles. The molecule has 0 saturated heterocycles. The van der Waals surface area contributed by atoms with Crippen LogP contribution in [0.15, 0.2) is 152 Å². The molecule has 5 heteroatoms. The number of hydrogen-bond donors (Lipinski definition) is 0. The Morgan fingerprint density at radius 2 is 0.825 bits per heavy atom. The van der Waals surface area contributed by atoms with E-state index in [1.54, 1.807) is 0 Å². The van der Waals surface area contributed by atoms with Crippen molar-refractivity contribution in [3.05, 3.63) is 163 Å². The van der Waals surface area contributed by atoms with E-state index in [1.807, 2.05) is 0 Å². The van der Waals surface area contributed by atoms with Gasteiger partial charge in [0.15, 0.2) is 0 Å². The SMILES string of the molecule is CC(C)(C)Cc1c2ccccc2n2c3c4ccccc4cc4c3n(c12)-c1cc(-c2ccccc2)cc2c1B4c1cc3ccccc3c3c1n-2c1c(CC(C)(C)C)c2ccccc2n31. The monoisotopic (exact) mass is 810 g/mol. The van der Waals surface area contributed by atoms with Crippen LogP contribution in [0.5, 0.6) is 0 Å². The summed E-state index contributed by atoms with van der Waals surface area (Å²) in [4.78, 5) is 0. The van der Waals surface area contributed by atoms with E-state index in [0.29, 0.717) is 0 Å². The van der Waals surface area contributed by atoms with Crippen LogP contribution in [-0.2, 0) is 12.8 Å². The van der Waals surface area contributed by atoms with Gasteiger partial charge in [0.1, 0.15) is 11.3 Å². The first kappa shape index (κ1) is 35.6. The molecular weight excluding hydrogens is 763 g/mol. The summed E-state index contributed by atoms with van der Waals surface area (Å²) in [7, 11) is 0. The summed E-state index contributed by atoms with van der Waals surface area (Å²) in [6.45, 7) is 14.3. The average Bonchev–Trinajstić information content (AvgIpc) is 4.00. The first-order chi connectivity index (χ1) is 30.5. The first-order valence-electron chi connectivity index (χ1n) is 22.7. The lowest BCUT2D eigenvalue weighted by Crippen LogP contribution is -2.59. The fraction of sp³-hybridized carbons (Fsp3) is 0.172. The van der Waals surface area contributed by atoms with Crippen molar-refractivity contribution >= 4 is 99.8 Å². The lowest BCUT2D eigenvalue weighted by molar-refractivity contribution is 0.413. The van der Waals surface area contributed by atoms with Crippen LogP contribution in [-0.4, -0.2) is 24.6 Å². The third kappa shape index (κ3) is 4.62. The molecule has 0 N–H and O–H groups in total. The molecule has 0 aliphatic carbocycles. The molecule has 0 bridgehead atoms. The fourth-order valence-corrected chi connectivity index (χ4v) is 12.2. The van der Waals surface area contributed by atoms with E-state index in [-0.39, 0.29) is 17.5 Å². The van der Waals surface area contributed by atoms with Crippen molar-refractivity contribution in [3.8, 4) is 22.5 Å². The Morgan fingerprint density at radius 3 is 1.29 bits per heavy atom. The van der Waals surface area contributed by atoms with Crippen molar-refractivity contribution < 1.29 is 0 Å². The fourth-order valence-electron chi connectivity index (χ4n) is 12.2. The van der Waals surface area contributed by atoms with E-state index in [4.69, 9.17) is 0 Å². The zero-order chi connectivity index (χ0) is 42.3. The summed E-state index contributed by atoms with van der Waals surface area (Å²) in [5.41, 5.74) is 22.5. The van der Waals surface area contributed by atoms with Crippen LogP contribution in [0.25, 0.3) is 99.2 Å². The molecule has 2 aliphatic heterocycles. The maximum atomic E-state index is 2.72. The third-order valence-electron chi connectivity index (χ3n) is 14.3. The smallest absolute Gasteiger partial charge is 0.252 e. The van der Waals surface area contributed by atoms with Gasteiger partial charge in [0.05, 0.1) is 33.1 Å². The van der Waals surface area contributed by atoms with Gasteiger partial charge < -0.3 is 0 Å². The number of hydrogen-bond acceptors (Lipinski definition) is 0. The Hall–Kier alpha value is -6.98. The average molecular weight is 811 g/mol. The van der Waals surface area contributed by atoms with Crippen molar-refractivity contribution in [2.24, 2.45) is 10.8 Å². The molecule has 0 amide bonds. The number of imidazole rings is 2. The highest BCUT2D eigenvalue weighted by Crippen LogP contribution is 2.46. The zero-order valence-electron chi connectivity index (χ0n) is 36.7. The molecular formula is C58H47BN4. The maximum Gasteiger partial charge on any atom is 0.252 e. The number of fused-ring (bicyclic) bond motifs is 18. The highest BCUT2D eigenvalue weighted by molar-refractivity contribution is 7.00. The van der Waals surface area contributed by atoms with Gasteiger partial charge in [0.25, 0.3) is 6.71 Å². The Morgan fingerprint density at radius 1 is 0.413 bits per heavy atom. The second kappa shape index (κ2) is 11.9. The summed E-state index contributed by atoms with van der Waals surface area (Å²) >= 11 is 0. The van der Waals surface area contributed by atoms with Gasteiger partial charge in [-0.05, 0) is 86.2 Å². The topological polar surface area (TPSA) is 18.7 Å². The number of benzene rings is 8. The van der Waals surface area contributed by atoms with Crippen LogP contribution in [0.4, 0.5) is 0 Å². The molecule has 2 aliphatic rings. The normalized spacial score (nSPS) is 13.7. The minimum absolute atomic E-state index is 0.00732. The molecule has 0 fully saturated rings. The van der Waals surface area contributed by atoms with Crippen molar-refractivity contribution in [1.82, 2.24) is 17.9 Å². The minimum Gasteiger partial charge on any atom is -0.295 e. The summed E-state index contributed by atoms with van der Waals surface area (Å²) in [5, 5.41) is 7.84. The van der Waals surface area contributed by atoms with Crippen LogP contribution in [0.3, 0.4) is 0 Å². The third-order valence-corrected chi connectivity index (χ3v) is 14.3. The van der Waals surface area contributed by atoms with Crippen LogP contribution in [0.1, 0.15) is 52.7 Å². The highest BCUT2D eigenvalue weighted by atomic mass is 15.2. The molecule has 0 spiro atoms. The van der Waals surface area contributed by atoms with Crippen molar-refractivity contribution in [2.45, 2.75) is 54.4 Å². The van der Waals surface area contributed by atoms with Gasteiger partial charge in [0, 0.05) is 44.0 Å². The maximum absolute atomic E-state index is 2.72. The van der Waals surface area contributed by atoms with Crippen molar-refractivity contribution in [2.75, 3.05) is 0 Å².